The predicted octanol–water partition coefficient (Wildman–Crippen LogP) is -0.463. The smallest absolute Gasteiger partial charge is 0.322 e. The Morgan fingerprint density at radius 3 is 2.45 bits per heavy atom. The Labute approximate surface area is 116 Å². The summed E-state index contributed by atoms with van der Waals surface area (Å²) in [4.78, 5) is 11.1. The molecule has 0 saturated heterocycles. The van der Waals surface area contributed by atoms with Gasteiger partial charge in [0.05, 0.1) is 0 Å². The first-order chi connectivity index (χ1) is 9.25. The van der Waals surface area contributed by atoms with E-state index in [9.17, 15) is 18.3 Å². The molecule has 0 heterocycles. The highest BCUT2D eigenvalue weighted by Gasteiger charge is 2.24. The first-order valence-corrected chi connectivity index (χ1v) is 7.24. The molecule has 1 rings (SSSR count). The van der Waals surface area contributed by atoms with Crippen LogP contribution in [0.15, 0.2) is 18.2 Å². The van der Waals surface area contributed by atoms with E-state index in [4.69, 9.17) is 10.2 Å². The van der Waals surface area contributed by atoms with E-state index < -0.39 is 28.0 Å². The monoisotopic (exact) mass is 304 g/mol. The van der Waals surface area contributed by atoms with E-state index in [0.717, 1.165) is 0 Å². The SMILES string of the molecule is CCNS(=O)(=O)N[C@@H](Cc1ccc(O)c(O)c1)C(=O)O. The van der Waals surface area contributed by atoms with Crippen molar-refractivity contribution in [2.45, 2.75) is 19.4 Å². The maximum Gasteiger partial charge on any atom is 0.322 e. The van der Waals surface area contributed by atoms with E-state index >= 15 is 0 Å². The van der Waals surface area contributed by atoms with Crippen LogP contribution in [-0.4, -0.2) is 42.3 Å². The minimum Gasteiger partial charge on any atom is -0.504 e. The number of phenolic OH excluding ortho intramolecular Hbond substituents is 2. The van der Waals surface area contributed by atoms with Crippen molar-refractivity contribution in [2.75, 3.05) is 6.54 Å². The van der Waals surface area contributed by atoms with Crippen LogP contribution in [0.2, 0.25) is 0 Å². The van der Waals surface area contributed by atoms with Crippen LogP contribution in [0.4, 0.5) is 0 Å². The highest BCUT2D eigenvalue weighted by atomic mass is 32.2. The van der Waals surface area contributed by atoms with E-state index in [1.165, 1.54) is 18.2 Å². The van der Waals surface area contributed by atoms with Gasteiger partial charge in [0.1, 0.15) is 6.04 Å². The Morgan fingerprint density at radius 2 is 1.95 bits per heavy atom. The van der Waals surface area contributed by atoms with Crippen LogP contribution >= 0.6 is 0 Å². The minimum absolute atomic E-state index is 0.127. The fourth-order valence-electron chi connectivity index (χ4n) is 1.53. The summed E-state index contributed by atoms with van der Waals surface area (Å²) in [7, 11) is -3.91. The van der Waals surface area contributed by atoms with Crippen molar-refractivity contribution < 1.29 is 28.5 Å². The quantitative estimate of drug-likeness (QED) is 0.432. The zero-order chi connectivity index (χ0) is 15.3. The van der Waals surface area contributed by atoms with Gasteiger partial charge in [-0.15, -0.1) is 0 Å². The molecule has 0 aromatic heterocycles. The van der Waals surface area contributed by atoms with E-state index in [-0.39, 0.29) is 18.7 Å². The van der Waals surface area contributed by atoms with Gasteiger partial charge in [-0.1, -0.05) is 13.0 Å². The van der Waals surface area contributed by atoms with Crippen LogP contribution in [0, 0.1) is 0 Å². The van der Waals surface area contributed by atoms with E-state index in [1.54, 1.807) is 6.92 Å². The number of hydrogen-bond donors (Lipinski definition) is 5. The molecule has 0 aliphatic rings. The molecule has 1 aromatic rings. The van der Waals surface area contributed by atoms with Gasteiger partial charge in [-0.3, -0.25) is 4.79 Å². The number of hydrogen-bond acceptors (Lipinski definition) is 5. The molecular weight excluding hydrogens is 288 g/mol. The first-order valence-electron chi connectivity index (χ1n) is 5.75. The highest BCUT2D eigenvalue weighted by molar-refractivity contribution is 7.87. The number of carbonyl (C=O) groups is 1. The van der Waals surface area contributed by atoms with Gasteiger partial charge >= 0.3 is 5.97 Å². The molecule has 0 radical (unpaired) electrons. The van der Waals surface area contributed by atoms with Crippen LogP contribution in [0.3, 0.4) is 0 Å². The molecule has 0 amide bonds. The van der Waals surface area contributed by atoms with E-state index in [2.05, 4.69) is 4.72 Å². The Balaban J connectivity index is 2.87. The van der Waals surface area contributed by atoms with Gasteiger partial charge < -0.3 is 15.3 Å². The van der Waals surface area contributed by atoms with Gasteiger partial charge in [0.2, 0.25) is 0 Å². The van der Waals surface area contributed by atoms with Gasteiger partial charge in [-0.2, -0.15) is 13.1 Å². The summed E-state index contributed by atoms with van der Waals surface area (Å²) in [6, 6.07) is 2.38. The van der Waals surface area contributed by atoms with Crippen LogP contribution in [0.1, 0.15) is 12.5 Å². The molecule has 9 heteroatoms. The summed E-state index contributed by atoms with van der Waals surface area (Å²) in [6.45, 7) is 1.69. The Bertz CT molecular complexity index is 587. The second-order valence-corrected chi connectivity index (χ2v) is 5.57. The third-order valence-electron chi connectivity index (χ3n) is 2.41. The number of carboxylic acid groups (broad SMARTS) is 1. The van der Waals surface area contributed by atoms with Gasteiger partial charge in [-0.05, 0) is 24.1 Å². The fourth-order valence-corrected chi connectivity index (χ4v) is 2.55. The summed E-state index contributed by atoms with van der Waals surface area (Å²) in [5.74, 6) is -2.09. The third-order valence-corrected chi connectivity index (χ3v) is 3.67. The summed E-state index contributed by atoms with van der Waals surface area (Å²) in [6.07, 6.45) is -0.173. The van der Waals surface area contributed by atoms with Gasteiger partial charge in [-0.25, -0.2) is 4.72 Å². The van der Waals surface area contributed by atoms with Crippen molar-refractivity contribution in [3.63, 3.8) is 0 Å². The van der Waals surface area contributed by atoms with Crippen LogP contribution in [-0.2, 0) is 21.4 Å². The van der Waals surface area contributed by atoms with Gasteiger partial charge in [0.25, 0.3) is 10.2 Å². The van der Waals surface area contributed by atoms with E-state index in [1.807, 2.05) is 4.72 Å². The molecule has 112 valence electrons. The molecule has 5 N–H and O–H groups in total. The van der Waals surface area contributed by atoms with Crippen LogP contribution in [0.25, 0.3) is 0 Å². The predicted molar refractivity (Wildman–Crippen MR) is 70.6 cm³/mol. The molecule has 0 aliphatic carbocycles. The largest absolute Gasteiger partial charge is 0.504 e. The molecule has 20 heavy (non-hydrogen) atoms. The zero-order valence-electron chi connectivity index (χ0n) is 10.7. The summed E-state index contributed by atoms with van der Waals surface area (Å²) in [5, 5.41) is 27.5. The number of aromatic hydroxyl groups is 2. The van der Waals surface area contributed by atoms with Crippen molar-refractivity contribution in [2.24, 2.45) is 0 Å². The lowest BCUT2D eigenvalue weighted by Crippen LogP contribution is -2.47. The van der Waals surface area contributed by atoms with Crippen molar-refractivity contribution in [3.05, 3.63) is 23.8 Å². The molecule has 8 nitrogen and oxygen atoms in total. The molecule has 1 aromatic carbocycles. The van der Waals surface area contributed by atoms with Crippen LogP contribution < -0.4 is 9.44 Å². The zero-order valence-corrected chi connectivity index (χ0v) is 11.5. The Kier molecular flexibility index (Phi) is 5.31. The first kappa shape index (κ1) is 16.2. The lowest BCUT2D eigenvalue weighted by Gasteiger charge is -2.15. The van der Waals surface area contributed by atoms with Crippen molar-refractivity contribution in [1.82, 2.24) is 9.44 Å². The molecule has 0 spiro atoms. The second kappa shape index (κ2) is 6.55. The van der Waals surface area contributed by atoms with Gasteiger partial charge in [0, 0.05) is 6.54 Å². The number of nitrogens with one attached hydrogen (secondary N) is 2. The third kappa shape index (κ3) is 4.68. The average Bonchev–Trinajstić information content (AvgIpc) is 2.32. The summed E-state index contributed by atoms with van der Waals surface area (Å²) >= 11 is 0. The lowest BCUT2D eigenvalue weighted by atomic mass is 10.1. The molecule has 1 atom stereocenters. The average molecular weight is 304 g/mol. The normalized spacial score (nSPS) is 13.1. The minimum atomic E-state index is -3.91. The maximum absolute atomic E-state index is 11.5. The number of benzene rings is 1. The number of carboxylic acids is 1. The molecular formula is C11H16N2O6S. The molecule has 0 aliphatic heterocycles. The van der Waals surface area contributed by atoms with Crippen molar-refractivity contribution in [1.29, 1.82) is 0 Å². The number of rotatable bonds is 7. The van der Waals surface area contributed by atoms with Crippen molar-refractivity contribution in [3.8, 4) is 11.5 Å². The molecule has 0 fully saturated rings. The number of aliphatic carboxylic acids is 1. The molecule has 0 bridgehead atoms. The van der Waals surface area contributed by atoms with Crippen molar-refractivity contribution >= 4 is 16.2 Å². The summed E-state index contributed by atoms with van der Waals surface area (Å²) in [5.41, 5.74) is 0.367. The lowest BCUT2D eigenvalue weighted by molar-refractivity contribution is -0.138. The highest BCUT2D eigenvalue weighted by Crippen LogP contribution is 2.25. The van der Waals surface area contributed by atoms with Crippen LogP contribution in [0.5, 0.6) is 11.5 Å². The van der Waals surface area contributed by atoms with Gasteiger partial charge in [0.15, 0.2) is 11.5 Å². The Morgan fingerprint density at radius 1 is 1.30 bits per heavy atom. The van der Waals surface area contributed by atoms with E-state index in [0.29, 0.717) is 5.56 Å². The molecule has 0 unspecified atom stereocenters. The standard InChI is InChI=1S/C11H16N2O6S/c1-2-12-20(18,19)13-8(11(16)17)5-7-3-4-9(14)10(15)6-7/h3-4,6,8,12-15H,2,5H2,1H3,(H,16,17)/t8-/m0/s1. The Hall–Kier alpha value is -1.84. The summed E-state index contributed by atoms with van der Waals surface area (Å²) < 4.78 is 27.1. The number of phenols is 2. The topological polar surface area (TPSA) is 136 Å². The second-order valence-electron chi connectivity index (χ2n) is 4.04. The fraction of sp³-hybridized carbons (Fsp3) is 0.364. The maximum atomic E-state index is 11.5. The molecule has 0 saturated carbocycles.